The van der Waals surface area contributed by atoms with Crippen molar-refractivity contribution in [2.24, 2.45) is 5.10 Å². The molecule has 1 amide bonds. The third-order valence-electron chi connectivity index (χ3n) is 3.84. The summed E-state index contributed by atoms with van der Waals surface area (Å²) in [6.07, 6.45) is 4.57. The maximum Gasteiger partial charge on any atom is 0.253 e. The molecule has 1 N–H and O–H groups in total. The summed E-state index contributed by atoms with van der Waals surface area (Å²) >= 11 is 3.11. The number of thiazole rings is 1. The van der Waals surface area contributed by atoms with E-state index in [4.69, 9.17) is 0 Å². The van der Waals surface area contributed by atoms with E-state index >= 15 is 0 Å². The number of rotatable bonds is 7. The molecule has 0 unspecified atom stereocenters. The Balaban J connectivity index is 1.60. The van der Waals surface area contributed by atoms with Crippen LogP contribution in [0.15, 0.2) is 70.1 Å². The Bertz CT molecular complexity index is 931. The Morgan fingerprint density at radius 1 is 1.22 bits per heavy atom. The van der Waals surface area contributed by atoms with Crippen molar-refractivity contribution in [2.75, 3.05) is 0 Å². The topological polar surface area (TPSA) is 54.4 Å². The third kappa shape index (κ3) is 5.52. The second kappa shape index (κ2) is 9.48. The van der Waals surface area contributed by atoms with Gasteiger partial charge < -0.3 is 0 Å². The van der Waals surface area contributed by atoms with Crippen LogP contribution in [0, 0.1) is 0 Å². The van der Waals surface area contributed by atoms with Gasteiger partial charge in [0.2, 0.25) is 0 Å². The molecule has 1 heterocycles. The molecule has 6 heteroatoms. The number of amides is 1. The average molecular weight is 396 g/mol. The van der Waals surface area contributed by atoms with Crippen molar-refractivity contribution in [1.82, 2.24) is 10.4 Å². The van der Waals surface area contributed by atoms with Crippen molar-refractivity contribution in [1.29, 1.82) is 0 Å². The lowest BCUT2D eigenvalue weighted by atomic mass is 10.2. The standard InChI is InChI=1S/C21H21N3OS2/c1-3-18(26-21-22-17-11-7-8-12-19(17)27-21)20(25)24-23-15(2)13-14-16-9-5-4-6-10-16/h4-14,18H,3H2,1-2H3,(H,24,25)/b14-13+,23-15?/t18-/m1/s1. The fourth-order valence-electron chi connectivity index (χ4n) is 2.38. The molecule has 3 rings (SSSR count). The summed E-state index contributed by atoms with van der Waals surface area (Å²) in [6, 6.07) is 18.0. The minimum absolute atomic E-state index is 0.103. The maximum atomic E-state index is 12.5. The number of aromatic nitrogens is 1. The monoisotopic (exact) mass is 395 g/mol. The molecule has 3 aromatic rings. The molecular weight excluding hydrogens is 374 g/mol. The summed E-state index contributed by atoms with van der Waals surface area (Å²) in [4.78, 5) is 17.1. The van der Waals surface area contributed by atoms with E-state index in [0.29, 0.717) is 6.42 Å². The third-order valence-corrected chi connectivity index (χ3v) is 6.33. The van der Waals surface area contributed by atoms with E-state index in [9.17, 15) is 4.79 Å². The van der Waals surface area contributed by atoms with Gasteiger partial charge in [-0.25, -0.2) is 10.4 Å². The predicted molar refractivity (Wildman–Crippen MR) is 116 cm³/mol. The van der Waals surface area contributed by atoms with Crippen LogP contribution < -0.4 is 5.43 Å². The van der Waals surface area contributed by atoms with E-state index in [2.05, 4.69) is 15.5 Å². The molecule has 27 heavy (non-hydrogen) atoms. The normalized spacial score (nSPS) is 13.2. The van der Waals surface area contributed by atoms with Gasteiger partial charge in [0, 0.05) is 0 Å². The van der Waals surface area contributed by atoms with Gasteiger partial charge in [-0.15, -0.1) is 11.3 Å². The molecular formula is C21H21N3OS2. The number of fused-ring (bicyclic) bond motifs is 1. The van der Waals surface area contributed by atoms with Gasteiger partial charge >= 0.3 is 0 Å². The van der Waals surface area contributed by atoms with Crippen molar-refractivity contribution in [3.8, 4) is 0 Å². The average Bonchev–Trinajstić information content (AvgIpc) is 3.12. The van der Waals surface area contributed by atoms with Crippen molar-refractivity contribution >= 4 is 51.0 Å². The van der Waals surface area contributed by atoms with Crippen LogP contribution in [0.4, 0.5) is 0 Å². The molecule has 1 atom stereocenters. The van der Waals surface area contributed by atoms with Gasteiger partial charge in [-0.05, 0) is 37.1 Å². The SMILES string of the molecule is CC[C@@H](Sc1nc2ccccc2s1)C(=O)NN=C(C)/C=C/c1ccccc1. The number of allylic oxidation sites excluding steroid dienone is 1. The molecule has 0 aliphatic rings. The molecule has 4 nitrogen and oxygen atoms in total. The zero-order chi connectivity index (χ0) is 19.1. The number of nitrogens with one attached hydrogen (secondary N) is 1. The maximum absolute atomic E-state index is 12.5. The Labute approximate surface area is 167 Å². The van der Waals surface area contributed by atoms with E-state index in [1.54, 1.807) is 11.3 Å². The number of carbonyl (C=O) groups is 1. The van der Waals surface area contributed by atoms with Gasteiger partial charge in [0.15, 0.2) is 4.34 Å². The van der Waals surface area contributed by atoms with Crippen LogP contribution >= 0.6 is 23.1 Å². The number of thioether (sulfide) groups is 1. The first-order valence-corrected chi connectivity index (χ1v) is 10.4. The highest BCUT2D eigenvalue weighted by atomic mass is 32.2. The highest BCUT2D eigenvalue weighted by molar-refractivity contribution is 8.02. The van der Waals surface area contributed by atoms with E-state index in [1.807, 2.05) is 80.6 Å². The highest BCUT2D eigenvalue weighted by Crippen LogP contribution is 2.33. The van der Waals surface area contributed by atoms with Crippen LogP contribution in [0.1, 0.15) is 25.8 Å². The molecule has 0 aliphatic heterocycles. The number of hydrazone groups is 1. The van der Waals surface area contributed by atoms with Gasteiger partial charge in [-0.1, -0.05) is 67.2 Å². The number of para-hydroxylation sites is 1. The number of hydrogen-bond donors (Lipinski definition) is 1. The summed E-state index contributed by atoms with van der Waals surface area (Å²) in [5.74, 6) is -0.103. The second-order valence-electron chi connectivity index (χ2n) is 5.94. The first-order chi connectivity index (χ1) is 13.2. The first kappa shape index (κ1) is 19.3. The summed E-state index contributed by atoms with van der Waals surface area (Å²) in [5.41, 5.74) is 5.49. The Hall–Kier alpha value is -2.44. The summed E-state index contributed by atoms with van der Waals surface area (Å²) < 4.78 is 2.04. The largest absolute Gasteiger partial charge is 0.272 e. The van der Waals surface area contributed by atoms with Crippen LogP contribution in [0.3, 0.4) is 0 Å². The van der Waals surface area contributed by atoms with E-state index in [1.165, 1.54) is 11.8 Å². The van der Waals surface area contributed by atoms with Crippen molar-refractivity contribution in [3.63, 3.8) is 0 Å². The van der Waals surface area contributed by atoms with Crippen molar-refractivity contribution in [3.05, 3.63) is 66.2 Å². The fraction of sp³-hybridized carbons (Fsp3) is 0.190. The number of carbonyl (C=O) groups excluding carboxylic acids is 1. The quantitative estimate of drug-likeness (QED) is 0.332. The zero-order valence-electron chi connectivity index (χ0n) is 15.3. The van der Waals surface area contributed by atoms with E-state index in [0.717, 1.165) is 25.8 Å². The lowest BCUT2D eigenvalue weighted by Gasteiger charge is -2.10. The molecule has 0 radical (unpaired) electrons. The van der Waals surface area contributed by atoms with Gasteiger partial charge in [-0.2, -0.15) is 5.10 Å². The van der Waals surface area contributed by atoms with Gasteiger partial charge in [0.25, 0.3) is 5.91 Å². The smallest absolute Gasteiger partial charge is 0.253 e. The van der Waals surface area contributed by atoms with Crippen molar-refractivity contribution in [2.45, 2.75) is 29.9 Å². The molecule has 0 saturated carbocycles. The molecule has 0 fully saturated rings. The Morgan fingerprint density at radius 2 is 1.96 bits per heavy atom. The van der Waals surface area contributed by atoms with Gasteiger partial charge in [0.05, 0.1) is 21.2 Å². The van der Waals surface area contributed by atoms with Gasteiger partial charge in [-0.3, -0.25) is 4.79 Å². The highest BCUT2D eigenvalue weighted by Gasteiger charge is 2.19. The van der Waals surface area contributed by atoms with E-state index in [-0.39, 0.29) is 11.2 Å². The minimum atomic E-state index is -0.222. The van der Waals surface area contributed by atoms with Crippen LogP contribution in [0.5, 0.6) is 0 Å². The fourth-order valence-corrected chi connectivity index (χ4v) is 4.61. The summed E-state index contributed by atoms with van der Waals surface area (Å²) in [5, 5.41) is 3.97. The zero-order valence-corrected chi connectivity index (χ0v) is 16.9. The number of nitrogens with zero attached hydrogens (tertiary/aromatic N) is 2. The molecule has 138 valence electrons. The molecule has 0 bridgehead atoms. The first-order valence-electron chi connectivity index (χ1n) is 8.75. The molecule has 1 aromatic heterocycles. The van der Waals surface area contributed by atoms with E-state index < -0.39 is 0 Å². The number of hydrogen-bond acceptors (Lipinski definition) is 5. The van der Waals surface area contributed by atoms with Crippen LogP contribution in [0.2, 0.25) is 0 Å². The van der Waals surface area contributed by atoms with Gasteiger partial charge in [0.1, 0.15) is 0 Å². The molecule has 0 aliphatic carbocycles. The van der Waals surface area contributed by atoms with Crippen LogP contribution in [0.25, 0.3) is 16.3 Å². The Morgan fingerprint density at radius 3 is 2.70 bits per heavy atom. The van der Waals surface area contributed by atoms with Crippen LogP contribution in [-0.4, -0.2) is 21.9 Å². The van der Waals surface area contributed by atoms with Crippen molar-refractivity contribution < 1.29 is 4.79 Å². The van der Waals surface area contributed by atoms with Crippen LogP contribution in [-0.2, 0) is 4.79 Å². The summed E-state index contributed by atoms with van der Waals surface area (Å²) in [6.45, 7) is 3.86. The lowest BCUT2D eigenvalue weighted by Crippen LogP contribution is -2.29. The minimum Gasteiger partial charge on any atom is -0.272 e. The summed E-state index contributed by atoms with van der Waals surface area (Å²) in [7, 11) is 0. The second-order valence-corrected chi connectivity index (χ2v) is 8.42. The Kier molecular flexibility index (Phi) is 6.79. The lowest BCUT2D eigenvalue weighted by molar-refractivity contribution is -0.120. The molecule has 0 spiro atoms. The molecule has 2 aromatic carbocycles. The predicted octanol–water partition coefficient (Wildman–Crippen LogP) is 5.37. The molecule has 0 saturated heterocycles. The number of benzene rings is 2.